The number of amides is 1. The van der Waals surface area contributed by atoms with E-state index in [1.165, 1.54) is 0 Å². The average Bonchev–Trinajstić information content (AvgIpc) is 2.67. The van der Waals surface area contributed by atoms with E-state index >= 15 is 0 Å². The first kappa shape index (κ1) is 13.7. The number of carbonyl (C=O) groups is 2. The smallest absolute Gasteiger partial charge is 0.327 e. The first-order valence-electron chi connectivity index (χ1n) is 6.49. The number of nitrogens with zero attached hydrogens (tertiary/aromatic N) is 1. The number of carboxylic acid groups (broad SMARTS) is 1. The molecule has 2 unspecified atom stereocenters. The van der Waals surface area contributed by atoms with Crippen LogP contribution < -0.4 is 5.32 Å². The molecule has 0 bridgehead atoms. The molecule has 0 aliphatic carbocycles. The van der Waals surface area contributed by atoms with Crippen molar-refractivity contribution >= 4 is 23.6 Å². The molecule has 2 saturated heterocycles. The van der Waals surface area contributed by atoms with Crippen LogP contribution in [0.1, 0.15) is 26.2 Å². The summed E-state index contributed by atoms with van der Waals surface area (Å²) >= 11 is 1.60. The van der Waals surface area contributed by atoms with Gasteiger partial charge in [0.2, 0.25) is 5.91 Å². The number of thioether (sulfide) groups is 1. The molecule has 6 heteroatoms. The molecule has 0 aromatic carbocycles. The van der Waals surface area contributed by atoms with Crippen LogP contribution in [-0.2, 0) is 9.59 Å². The van der Waals surface area contributed by atoms with E-state index in [2.05, 4.69) is 12.2 Å². The molecule has 2 N–H and O–H groups in total. The molecule has 2 fully saturated rings. The van der Waals surface area contributed by atoms with Crippen molar-refractivity contribution < 1.29 is 14.7 Å². The third-order valence-electron chi connectivity index (χ3n) is 3.53. The quantitative estimate of drug-likeness (QED) is 0.773. The first-order valence-corrected chi connectivity index (χ1v) is 7.54. The van der Waals surface area contributed by atoms with Gasteiger partial charge in [-0.2, -0.15) is 0 Å². The van der Waals surface area contributed by atoms with Gasteiger partial charge in [-0.25, -0.2) is 4.79 Å². The molecule has 5 nitrogen and oxygen atoms in total. The van der Waals surface area contributed by atoms with Gasteiger partial charge in [-0.1, -0.05) is 13.3 Å². The molecule has 0 aromatic rings. The second kappa shape index (κ2) is 5.93. The molecule has 2 heterocycles. The van der Waals surface area contributed by atoms with E-state index < -0.39 is 12.0 Å². The Kier molecular flexibility index (Phi) is 4.50. The molecule has 2 atom stereocenters. The summed E-state index contributed by atoms with van der Waals surface area (Å²) in [6.07, 6.45) is 2.33. The number of hydrogen-bond donors (Lipinski definition) is 2. The second-order valence-electron chi connectivity index (χ2n) is 4.96. The van der Waals surface area contributed by atoms with Crippen molar-refractivity contribution in [2.45, 2.75) is 37.6 Å². The van der Waals surface area contributed by atoms with Gasteiger partial charge >= 0.3 is 5.97 Å². The lowest BCUT2D eigenvalue weighted by molar-refractivity contribution is -0.149. The lowest BCUT2D eigenvalue weighted by Crippen LogP contribution is -2.49. The van der Waals surface area contributed by atoms with E-state index in [0.717, 1.165) is 25.9 Å². The third kappa shape index (κ3) is 2.80. The fraction of sp³-hybridized carbons (Fsp3) is 0.833. The highest BCUT2D eigenvalue weighted by atomic mass is 32.2. The van der Waals surface area contributed by atoms with E-state index in [9.17, 15) is 14.7 Å². The highest BCUT2D eigenvalue weighted by molar-refractivity contribution is 8.00. The van der Waals surface area contributed by atoms with E-state index in [1.54, 1.807) is 16.7 Å². The average molecular weight is 272 g/mol. The molecule has 18 heavy (non-hydrogen) atoms. The Balaban J connectivity index is 2.01. The van der Waals surface area contributed by atoms with Gasteiger partial charge in [0.1, 0.15) is 6.04 Å². The Morgan fingerprint density at radius 1 is 1.44 bits per heavy atom. The van der Waals surface area contributed by atoms with Crippen LogP contribution in [0.2, 0.25) is 0 Å². The Bertz CT molecular complexity index is 333. The van der Waals surface area contributed by atoms with Crippen LogP contribution in [0, 0.1) is 5.92 Å². The second-order valence-corrected chi connectivity index (χ2v) is 6.17. The normalized spacial score (nSPS) is 28.2. The summed E-state index contributed by atoms with van der Waals surface area (Å²) in [6.45, 7) is 3.82. The zero-order chi connectivity index (χ0) is 13.1. The van der Waals surface area contributed by atoms with Crippen molar-refractivity contribution in [3.8, 4) is 0 Å². The minimum absolute atomic E-state index is 0.0114. The van der Waals surface area contributed by atoms with E-state index in [0.29, 0.717) is 18.1 Å². The molecule has 0 spiro atoms. The summed E-state index contributed by atoms with van der Waals surface area (Å²) in [7, 11) is 0. The lowest BCUT2D eigenvalue weighted by atomic mass is 9.98. The summed E-state index contributed by atoms with van der Waals surface area (Å²) in [5.41, 5.74) is 0. The summed E-state index contributed by atoms with van der Waals surface area (Å²) in [6, 6.07) is -0.632. The zero-order valence-corrected chi connectivity index (χ0v) is 11.4. The molecule has 2 aliphatic rings. The Morgan fingerprint density at radius 3 is 2.67 bits per heavy atom. The van der Waals surface area contributed by atoms with Gasteiger partial charge in [0, 0.05) is 12.2 Å². The van der Waals surface area contributed by atoms with Gasteiger partial charge in [0.15, 0.2) is 0 Å². The largest absolute Gasteiger partial charge is 0.480 e. The summed E-state index contributed by atoms with van der Waals surface area (Å²) in [5, 5.41) is 12.4. The van der Waals surface area contributed by atoms with Crippen LogP contribution in [0.4, 0.5) is 0 Å². The molecule has 102 valence electrons. The number of aliphatic carboxylic acids is 1. The fourth-order valence-electron chi connectivity index (χ4n) is 2.40. The maximum atomic E-state index is 12.3. The molecule has 0 aromatic heterocycles. The maximum absolute atomic E-state index is 12.3. The minimum atomic E-state index is -0.874. The van der Waals surface area contributed by atoms with Gasteiger partial charge in [-0.05, 0) is 25.4 Å². The van der Waals surface area contributed by atoms with Crippen molar-refractivity contribution in [2.75, 3.05) is 18.8 Å². The molecule has 1 amide bonds. The van der Waals surface area contributed by atoms with Crippen molar-refractivity contribution in [1.82, 2.24) is 10.2 Å². The van der Waals surface area contributed by atoms with Crippen LogP contribution in [0.25, 0.3) is 0 Å². The third-order valence-corrected chi connectivity index (χ3v) is 4.89. The van der Waals surface area contributed by atoms with Gasteiger partial charge in [-0.15, -0.1) is 11.8 Å². The highest BCUT2D eigenvalue weighted by Crippen LogP contribution is 2.33. The van der Waals surface area contributed by atoms with Gasteiger partial charge in [-0.3, -0.25) is 4.79 Å². The molecule has 0 radical (unpaired) electrons. The summed E-state index contributed by atoms with van der Waals surface area (Å²) in [4.78, 5) is 25.1. The van der Waals surface area contributed by atoms with Crippen LogP contribution >= 0.6 is 11.8 Å². The van der Waals surface area contributed by atoms with Gasteiger partial charge < -0.3 is 15.3 Å². The maximum Gasteiger partial charge on any atom is 0.327 e. The highest BCUT2D eigenvalue weighted by Gasteiger charge is 2.41. The Labute approximate surface area is 111 Å². The zero-order valence-electron chi connectivity index (χ0n) is 10.6. The first-order chi connectivity index (χ1) is 8.63. The molecular formula is C12H20N2O3S. The number of rotatable bonds is 5. The summed E-state index contributed by atoms with van der Waals surface area (Å²) in [5.74, 6) is 0.0487. The Hall–Kier alpha value is -0.750. The van der Waals surface area contributed by atoms with Gasteiger partial charge in [0.05, 0.1) is 5.37 Å². The van der Waals surface area contributed by atoms with Crippen molar-refractivity contribution in [1.29, 1.82) is 0 Å². The number of carboxylic acids is 1. The number of hydrogen-bond acceptors (Lipinski definition) is 4. The monoisotopic (exact) mass is 272 g/mol. The van der Waals surface area contributed by atoms with Crippen molar-refractivity contribution in [3.05, 3.63) is 0 Å². The van der Waals surface area contributed by atoms with E-state index in [4.69, 9.17) is 0 Å². The minimum Gasteiger partial charge on any atom is -0.480 e. The fourth-order valence-corrected chi connectivity index (χ4v) is 3.94. The predicted octanol–water partition coefficient (Wildman–Crippen LogP) is 0.751. The SMILES string of the molecule is CCCC1SCC(C(=O)O)N1C(=O)CC1CNC1. The van der Waals surface area contributed by atoms with Crippen molar-refractivity contribution in [3.63, 3.8) is 0 Å². The van der Waals surface area contributed by atoms with Crippen molar-refractivity contribution in [2.24, 2.45) is 5.92 Å². The summed E-state index contributed by atoms with van der Waals surface area (Å²) < 4.78 is 0. The van der Waals surface area contributed by atoms with Crippen LogP contribution in [-0.4, -0.2) is 52.1 Å². The van der Waals surface area contributed by atoms with Gasteiger partial charge in [0.25, 0.3) is 0 Å². The molecule has 2 rings (SSSR count). The van der Waals surface area contributed by atoms with Crippen LogP contribution in [0.5, 0.6) is 0 Å². The standard InChI is InChI=1S/C12H20N2O3S/c1-2-3-11-14(9(7-18-11)12(16)17)10(15)4-8-5-13-6-8/h8-9,11,13H,2-7H2,1H3,(H,16,17). The number of nitrogens with one attached hydrogen (secondary N) is 1. The van der Waals surface area contributed by atoms with E-state index in [-0.39, 0.29) is 11.3 Å². The Morgan fingerprint density at radius 2 is 2.17 bits per heavy atom. The molecule has 0 saturated carbocycles. The van der Waals surface area contributed by atoms with E-state index in [1.807, 2.05) is 0 Å². The number of carbonyl (C=O) groups excluding carboxylic acids is 1. The van der Waals surface area contributed by atoms with Crippen LogP contribution in [0.3, 0.4) is 0 Å². The predicted molar refractivity (Wildman–Crippen MR) is 70.4 cm³/mol. The lowest BCUT2D eigenvalue weighted by Gasteiger charge is -2.32. The molecular weight excluding hydrogens is 252 g/mol. The molecule has 2 aliphatic heterocycles. The van der Waals surface area contributed by atoms with Crippen LogP contribution in [0.15, 0.2) is 0 Å². The topological polar surface area (TPSA) is 69.6 Å².